The highest BCUT2D eigenvalue weighted by Gasteiger charge is 2.31. The van der Waals surface area contributed by atoms with E-state index in [0.717, 1.165) is 0 Å². The predicted octanol–water partition coefficient (Wildman–Crippen LogP) is 1.10. The average Bonchev–Trinajstić information content (AvgIpc) is 3.36. The Labute approximate surface area is 191 Å². The van der Waals surface area contributed by atoms with E-state index in [1.807, 2.05) is 0 Å². The van der Waals surface area contributed by atoms with Crippen molar-refractivity contribution in [2.45, 2.75) is 11.3 Å². The van der Waals surface area contributed by atoms with Gasteiger partial charge in [0.1, 0.15) is 19.0 Å². The van der Waals surface area contributed by atoms with Gasteiger partial charge in [-0.2, -0.15) is 4.31 Å². The van der Waals surface area contributed by atoms with Crippen molar-refractivity contribution in [2.75, 3.05) is 45.9 Å². The van der Waals surface area contributed by atoms with Gasteiger partial charge in [0.25, 0.3) is 0 Å². The summed E-state index contributed by atoms with van der Waals surface area (Å²) in [5.74, 6) is 1.04. The van der Waals surface area contributed by atoms with Crippen LogP contribution in [0.1, 0.15) is 12.2 Å². The quantitative estimate of drug-likeness (QED) is 0.596. The molecule has 3 heterocycles. The molecule has 0 saturated carbocycles. The zero-order valence-electron chi connectivity index (χ0n) is 17.9. The Bertz CT molecular complexity index is 1120. The van der Waals surface area contributed by atoms with Crippen LogP contribution >= 0.6 is 0 Å². The maximum absolute atomic E-state index is 13.0. The summed E-state index contributed by atoms with van der Waals surface area (Å²) >= 11 is 0. The molecule has 1 aromatic heterocycles. The van der Waals surface area contributed by atoms with Crippen molar-refractivity contribution >= 4 is 27.9 Å². The van der Waals surface area contributed by atoms with E-state index in [9.17, 15) is 18.0 Å². The highest BCUT2D eigenvalue weighted by atomic mass is 32.2. The number of carbonyl (C=O) groups excluding carboxylic acids is 2. The first kappa shape index (κ1) is 22.9. The highest BCUT2D eigenvalue weighted by molar-refractivity contribution is 7.89. The van der Waals surface area contributed by atoms with Gasteiger partial charge in [-0.1, -0.05) is 0 Å². The van der Waals surface area contributed by atoms with Crippen LogP contribution in [0.4, 0.5) is 0 Å². The van der Waals surface area contributed by atoms with E-state index < -0.39 is 10.0 Å². The molecule has 2 aliphatic heterocycles. The number of hydrogen-bond acceptors (Lipinski definition) is 7. The average molecular weight is 476 g/mol. The molecule has 33 heavy (non-hydrogen) atoms. The molecule has 0 atom stereocenters. The van der Waals surface area contributed by atoms with Crippen LogP contribution in [0.2, 0.25) is 0 Å². The molecule has 176 valence electrons. The predicted molar refractivity (Wildman–Crippen MR) is 118 cm³/mol. The van der Waals surface area contributed by atoms with Crippen LogP contribution in [-0.2, 0) is 19.6 Å². The Balaban J connectivity index is 1.24. The Morgan fingerprint density at radius 3 is 2.52 bits per heavy atom. The van der Waals surface area contributed by atoms with Crippen LogP contribution in [-0.4, -0.2) is 75.4 Å². The van der Waals surface area contributed by atoms with E-state index in [-0.39, 0.29) is 55.9 Å². The molecule has 1 fully saturated rings. The molecular weight excluding hydrogens is 450 g/mol. The Hall–Kier alpha value is -3.31. The molecule has 1 aromatic carbocycles. The molecule has 0 bridgehead atoms. The van der Waals surface area contributed by atoms with Crippen LogP contribution in [0.15, 0.2) is 52.0 Å². The highest BCUT2D eigenvalue weighted by Crippen LogP contribution is 2.33. The van der Waals surface area contributed by atoms with Gasteiger partial charge in [0, 0.05) is 51.3 Å². The zero-order valence-corrected chi connectivity index (χ0v) is 18.8. The monoisotopic (exact) mass is 475 g/mol. The van der Waals surface area contributed by atoms with E-state index in [0.29, 0.717) is 30.5 Å². The Morgan fingerprint density at radius 2 is 1.79 bits per heavy atom. The van der Waals surface area contributed by atoms with Crippen LogP contribution in [0.5, 0.6) is 11.5 Å². The number of ether oxygens (including phenoxy) is 2. The minimum atomic E-state index is -3.71. The molecule has 1 saturated heterocycles. The number of furan rings is 1. The number of nitrogens with zero attached hydrogens (tertiary/aromatic N) is 2. The molecule has 2 amide bonds. The molecule has 4 rings (SSSR count). The number of carbonyl (C=O) groups is 2. The summed E-state index contributed by atoms with van der Waals surface area (Å²) in [6.45, 7) is 1.96. The number of fused-ring (bicyclic) bond motifs is 1. The normalized spacial score (nSPS) is 16.7. The van der Waals surface area contributed by atoms with Crippen molar-refractivity contribution in [1.29, 1.82) is 0 Å². The van der Waals surface area contributed by atoms with Gasteiger partial charge in [-0.05, 0) is 30.3 Å². The number of hydrogen-bond donors (Lipinski definition) is 1. The molecule has 11 heteroatoms. The second-order valence-electron chi connectivity index (χ2n) is 7.48. The fourth-order valence-corrected chi connectivity index (χ4v) is 5.00. The summed E-state index contributed by atoms with van der Waals surface area (Å²) < 4.78 is 43.4. The second-order valence-corrected chi connectivity index (χ2v) is 9.42. The first-order valence-corrected chi connectivity index (χ1v) is 12.0. The summed E-state index contributed by atoms with van der Waals surface area (Å²) in [6, 6.07) is 8.02. The minimum absolute atomic E-state index is 0.134. The van der Waals surface area contributed by atoms with Crippen molar-refractivity contribution in [3.8, 4) is 11.5 Å². The lowest BCUT2D eigenvalue weighted by atomic mass is 10.3. The van der Waals surface area contributed by atoms with Crippen molar-refractivity contribution in [1.82, 2.24) is 14.5 Å². The number of benzene rings is 1. The summed E-state index contributed by atoms with van der Waals surface area (Å²) in [5.41, 5.74) is 0. The van der Waals surface area contributed by atoms with Gasteiger partial charge in [0.2, 0.25) is 21.8 Å². The van der Waals surface area contributed by atoms with Crippen LogP contribution in [0.25, 0.3) is 6.08 Å². The topological polar surface area (TPSA) is 118 Å². The van der Waals surface area contributed by atoms with Crippen LogP contribution in [0.3, 0.4) is 0 Å². The number of sulfonamides is 1. The molecule has 1 N–H and O–H groups in total. The van der Waals surface area contributed by atoms with Gasteiger partial charge < -0.3 is 24.1 Å². The molecule has 2 aliphatic rings. The van der Waals surface area contributed by atoms with Crippen LogP contribution < -0.4 is 14.8 Å². The second kappa shape index (κ2) is 10.1. The van der Waals surface area contributed by atoms with Crippen molar-refractivity contribution < 1.29 is 31.9 Å². The van der Waals surface area contributed by atoms with Gasteiger partial charge in [-0.15, -0.1) is 0 Å². The van der Waals surface area contributed by atoms with Gasteiger partial charge in [0.05, 0.1) is 11.2 Å². The maximum atomic E-state index is 13.0. The Morgan fingerprint density at radius 1 is 1.03 bits per heavy atom. The molecule has 2 aromatic rings. The third-order valence-electron chi connectivity index (χ3n) is 5.32. The Kier molecular flexibility index (Phi) is 6.99. The van der Waals surface area contributed by atoms with Crippen molar-refractivity contribution in [2.24, 2.45) is 0 Å². The number of piperazine rings is 1. The lowest BCUT2D eigenvalue weighted by Crippen LogP contribution is -2.50. The van der Waals surface area contributed by atoms with Gasteiger partial charge in [0.15, 0.2) is 11.5 Å². The van der Waals surface area contributed by atoms with E-state index in [2.05, 4.69) is 5.32 Å². The lowest BCUT2D eigenvalue weighted by Gasteiger charge is -2.34. The summed E-state index contributed by atoms with van der Waals surface area (Å²) in [4.78, 5) is 26.0. The fourth-order valence-electron chi connectivity index (χ4n) is 3.56. The summed E-state index contributed by atoms with van der Waals surface area (Å²) in [5, 5.41) is 2.65. The molecule has 0 radical (unpaired) electrons. The van der Waals surface area contributed by atoms with Gasteiger partial charge in [-0.3, -0.25) is 9.59 Å². The summed E-state index contributed by atoms with van der Waals surface area (Å²) in [7, 11) is -3.71. The standard InChI is InChI=1S/C22H25N3O7S/c26-21(6-3-17-2-1-13-30-17)23-8-7-22(27)24-9-11-25(12-10-24)33(28,29)18-4-5-19-20(16-18)32-15-14-31-19/h1-6,13,16H,7-12,14-15H2,(H,23,26)/b6-3+. The minimum Gasteiger partial charge on any atom is -0.486 e. The molecule has 0 spiro atoms. The first-order valence-electron chi connectivity index (χ1n) is 10.6. The number of nitrogens with one attached hydrogen (secondary N) is 1. The third-order valence-corrected chi connectivity index (χ3v) is 7.22. The number of rotatable bonds is 7. The smallest absolute Gasteiger partial charge is 0.244 e. The van der Waals surface area contributed by atoms with Crippen molar-refractivity contribution in [3.05, 3.63) is 48.4 Å². The number of amides is 2. The fraction of sp³-hybridized carbons (Fsp3) is 0.364. The summed E-state index contributed by atoms with van der Waals surface area (Å²) in [6.07, 6.45) is 4.52. The van der Waals surface area contributed by atoms with E-state index >= 15 is 0 Å². The van der Waals surface area contributed by atoms with Crippen LogP contribution in [0, 0.1) is 0 Å². The van der Waals surface area contributed by atoms with Gasteiger partial charge >= 0.3 is 0 Å². The third kappa shape index (κ3) is 5.55. The molecule has 0 aliphatic carbocycles. The lowest BCUT2D eigenvalue weighted by molar-refractivity contribution is -0.132. The first-order chi connectivity index (χ1) is 15.9. The molecular formula is C22H25N3O7S. The molecule has 10 nitrogen and oxygen atoms in total. The van der Waals surface area contributed by atoms with Crippen molar-refractivity contribution in [3.63, 3.8) is 0 Å². The largest absolute Gasteiger partial charge is 0.486 e. The van der Waals surface area contributed by atoms with E-state index in [1.165, 1.54) is 28.8 Å². The zero-order chi connectivity index (χ0) is 23.3. The molecule has 0 unspecified atom stereocenters. The maximum Gasteiger partial charge on any atom is 0.244 e. The SMILES string of the molecule is O=C(/C=C/c1ccco1)NCCC(=O)N1CCN(S(=O)(=O)c2ccc3c(c2)OCCO3)CC1. The van der Waals surface area contributed by atoms with Gasteiger partial charge in [-0.25, -0.2) is 8.42 Å². The van der Waals surface area contributed by atoms with E-state index in [1.54, 1.807) is 29.2 Å². The van der Waals surface area contributed by atoms with E-state index in [4.69, 9.17) is 13.9 Å².